The first kappa shape index (κ1) is 14.7. The molecule has 20 heavy (non-hydrogen) atoms. The van der Waals surface area contributed by atoms with E-state index in [1.807, 2.05) is 12.1 Å². The maximum atomic E-state index is 10.6. The van der Waals surface area contributed by atoms with E-state index in [-0.39, 0.29) is 0 Å². The fraction of sp³-hybridized carbons (Fsp3) is 0.562. The normalized spacial score (nSPS) is 25.9. The number of anilines is 2. The molecular formula is C16H23N3O. The number of nitrogens with one attached hydrogen (secondary N) is 1. The summed E-state index contributed by atoms with van der Waals surface area (Å²) in [5.74, 6) is 0.765. The number of benzene rings is 1. The van der Waals surface area contributed by atoms with Crippen molar-refractivity contribution in [3.05, 3.63) is 23.8 Å². The lowest BCUT2D eigenvalue weighted by atomic mass is 9.78. The molecule has 1 fully saturated rings. The predicted octanol–water partition coefficient (Wildman–Crippen LogP) is 2.88. The third-order valence-corrected chi connectivity index (χ3v) is 4.41. The van der Waals surface area contributed by atoms with Crippen LogP contribution in [0.3, 0.4) is 0 Å². The van der Waals surface area contributed by atoms with Gasteiger partial charge < -0.3 is 16.2 Å². The molecule has 0 unspecified atom stereocenters. The van der Waals surface area contributed by atoms with Gasteiger partial charge in [0.25, 0.3) is 0 Å². The van der Waals surface area contributed by atoms with Crippen LogP contribution in [-0.4, -0.2) is 17.3 Å². The average Bonchev–Trinajstić information content (AvgIpc) is 2.46. The van der Waals surface area contributed by atoms with E-state index in [1.54, 1.807) is 12.1 Å². The summed E-state index contributed by atoms with van der Waals surface area (Å²) in [7, 11) is 0. The zero-order chi connectivity index (χ0) is 14.6. The highest BCUT2D eigenvalue weighted by Crippen LogP contribution is 2.33. The van der Waals surface area contributed by atoms with Gasteiger partial charge in [0, 0.05) is 12.2 Å². The molecule has 0 aromatic heterocycles. The molecule has 0 aliphatic heterocycles. The van der Waals surface area contributed by atoms with Crippen molar-refractivity contribution in [2.24, 2.45) is 5.92 Å². The summed E-state index contributed by atoms with van der Waals surface area (Å²) in [5, 5.41) is 22.7. The van der Waals surface area contributed by atoms with Crippen LogP contribution in [0.2, 0.25) is 0 Å². The van der Waals surface area contributed by atoms with E-state index in [2.05, 4.69) is 12.2 Å². The van der Waals surface area contributed by atoms with Crippen LogP contribution in [0, 0.1) is 17.2 Å². The summed E-state index contributed by atoms with van der Waals surface area (Å²) in [6.45, 7) is 2.75. The van der Waals surface area contributed by atoms with Gasteiger partial charge in [-0.15, -0.1) is 0 Å². The maximum absolute atomic E-state index is 10.6. The largest absolute Gasteiger partial charge is 0.398 e. The smallest absolute Gasteiger partial charge is 0.101 e. The first-order valence-corrected chi connectivity index (χ1v) is 7.32. The van der Waals surface area contributed by atoms with Crippen LogP contribution in [0.5, 0.6) is 0 Å². The fourth-order valence-electron chi connectivity index (χ4n) is 2.84. The van der Waals surface area contributed by atoms with Crippen LogP contribution in [0.1, 0.15) is 44.6 Å². The summed E-state index contributed by atoms with van der Waals surface area (Å²) in [6.07, 6.45) is 5.11. The van der Waals surface area contributed by atoms with Gasteiger partial charge in [-0.25, -0.2) is 0 Å². The minimum Gasteiger partial charge on any atom is -0.398 e. The van der Waals surface area contributed by atoms with Gasteiger partial charge in [-0.1, -0.05) is 13.3 Å². The molecule has 1 aliphatic rings. The fourth-order valence-corrected chi connectivity index (χ4v) is 2.84. The van der Waals surface area contributed by atoms with Gasteiger partial charge in [-0.2, -0.15) is 5.26 Å². The zero-order valence-electron chi connectivity index (χ0n) is 12.0. The van der Waals surface area contributed by atoms with Gasteiger partial charge in [0.15, 0.2) is 0 Å². The van der Waals surface area contributed by atoms with Crippen LogP contribution >= 0.6 is 0 Å². The molecule has 0 spiro atoms. The molecule has 108 valence electrons. The molecule has 0 amide bonds. The molecule has 4 nitrogen and oxygen atoms in total. The average molecular weight is 273 g/mol. The number of hydrogen-bond acceptors (Lipinski definition) is 4. The Balaban J connectivity index is 1.92. The van der Waals surface area contributed by atoms with E-state index in [4.69, 9.17) is 11.0 Å². The number of nitrogens with zero attached hydrogens (tertiary/aromatic N) is 1. The quantitative estimate of drug-likeness (QED) is 0.737. The lowest BCUT2D eigenvalue weighted by Crippen LogP contribution is -2.40. The van der Waals surface area contributed by atoms with Crippen LogP contribution in [0.4, 0.5) is 11.4 Å². The topological polar surface area (TPSA) is 82.1 Å². The second kappa shape index (κ2) is 6.15. The number of nitrogens with two attached hydrogens (primary N) is 1. The maximum Gasteiger partial charge on any atom is 0.101 e. The van der Waals surface area contributed by atoms with Gasteiger partial charge in [0.2, 0.25) is 0 Å². The lowest BCUT2D eigenvalue weighted by molar-refractivity contribution is 0.00229. The monoisotopic (exact) mass is 273 g/mol. The SMILES string of the molecule is CCC1CCC(O)(CNc2ccc(C#N)c(N)c2)CC1. The Morgan fingerprint density at radius 2 is 2.15 bits per heavy atom. The van der Waals surface area contributed by atoms with Gasteiger partial charge in [-0.3, -0.25) is 0 Å². The molecule has 1 aliphatic carbocycles. The Morgan fingerprint density at radius 3 is 2.70 bits per heavy atom. The van der Waals surface area contributed by atoms with Crippen molar-refractivity contribution in [3.63, 3.8) is 0 Å². The van der Waals surface area contributed by atoms with Crippen LogP contribution in [0.15, 0.2) is 18.2 Å². The third kappa shape index (κ3) is 3.43. The summed E-state index contributed by atoms with van der Waals surface area (Å²) in [6, 6.07) is 7.33. The highest BCUT2D eigenvalue weighted by molar-refractivity contribution is 5.62. The zero-order valence-corrected chi connectivity index (χ0v) is 12.0. The Bertz CT molecular complexity index is 499. The number of rotatable bonds is 4. The molecule has 0 saturated heterocycles. The third-order valence-electron chi connectivity index (χ3n) is 4.41. The highest BCUT2D eigenvalue weighted by atomic mass is 16.3. The van der Waals surface area contributed by atoms with E-state index < -0.39 is 5.60 Å². The molecule has 1 aromatic carbocycles. The molecule has 4 heteroatoms. The van der Waals surface area contributed by atoms with Crippen molar-refractivity contribution in [3.8, 4) is 6.07 Å². The van der Waals surface area contributed by atoms with Crippen molar-refractivity contribution in [1.29, 1.82) is 5.26 Å². The number of nitrogen functional groups attached to an aromatic ring is 1. The minimum atomic E-state index is -0.617. The molecule has 0 heterocycles. The van der Waals surface area contributed by atoms with Gasteiger partial charge >= 0.3 is 0 Å². The van der Waals surface area contributed by atoms with Crippen molar-refractivity contribution < 1.29 is 5.11 Å². The molecule has 2 rings (SSSR count). The highest BCUT2D eigenvalue weighted by Gasteiger charge is 2.32. The molecule has 1 saturated carbocycles. The molecule has 4 N–H and O–H groups in total. The number of nitriles is 1. The molecule has 0 atom stereocenters. The van der Waals surface area contributed by atoms with Crippen LogP contribution in [-0.2, 0) is 0 Å². The van der Waals surface area contributed by atoms with Crippen molar-refractivity contribution in [2.75, 3.05) is 17.6 Å². The predicted molar refractivity (Wildman–Crippen MR) is 81.3 cm³/mol. The van der Waals surface area contributed by atoms with Crippen molar-refractivity contribution >= 4 is 11.4 Å². The van der Waals surface area contributed by atoms with Gasteiger partial charge in [0.05, 0.1) is 16.9 Å². The summed E-state index contributed by atoms with van der Waals surface area (Å²) >= 11 is 0. The van der Waals surface area contributed by atoms with Crippen LogP contribution in [0.25, 0.3) is 0 Å². The first-order valence-electron chi connectivity index (χ1n) is 7.32. The van der Waals surface area contributed by atoms with E-state index in [0.717, 1.165) is 37.3 Å². The second-order valence-electron chi connectivity index (χ2n) is 5.84. The number of hydrogen-bond donors (Lipinski definition) is 3. The Labute approximate surface area is 120 Å². The summed E-state index contributed by atoms with van der Waals surface area (Å²) < 4.78 is 0. The summed E-state index contributed by atoms with van der Waals surface area (Å²) in [5.41, 5.74) is 6.98. The Kier molecular flexibility index (Phi) is 4.51. The van der Waals surface area contributed by atoms with Crippen LogP contribution < -0.4 is 11.1 Å². The molecule has 1 aromatic rings. The lowest BCUT2D eigenvalue weighted by Gasteiger charge is -2.36. The van der Waals surface area contributed by atoms with E-state index in [9.17, 15) is 5.11 Å². The summed E-state index contributed by atoms with van der Waals surface area (Å²) in [4.78, 5) is 0. The van der Waals surface area contributed by atoms with Crippen molar-refractivity contribution in [1.82, 2.24) is 0 Å². The van der Waals surface area contributed by atoms with E-state index >= 15 is 0 Å². The van der Waals surface area contributed by atoms with Gasteiger partial charge in [-0.05, 0) is 49.8 Å². The standard InChI is InChI=1S/C16H23N3O/c1-2-12-5-7-16(20,8-6-12)11-19-14-4-3-13(10-17)15(18)9-14/h3-4,9,12,19-20H,2,5-8,11,18H2,1H3. The second-order valence-corrected chi connectivity index (χ2v) is 5.84. The van der Waals surface area contributed by atoms with E-state index in [0.29, 0.717) is 17.8 Å². The number of aliphatic hydroxyl groups is 1. The molecule has 0 bridgehead atoms. The first-order chi connectivity index (χ1) is 9.56. The molecular weight excluding hydrogens is 250 g/mol. The van der Waals surface area contributed by atoms with E-state index in [1.165, 1.54) is 6.42 Å². The Morgan fingerprint density at radius 1 is 1.45 bits per heavy atom. The van der Waals surface area contributed by atoms with Gasteiger partial charge in [0.1, 0.15) is 6.07 Å². The minimum absolute atomic E-state index is 0.471. The molecule has 0 radical (unpaired) electrons. The Hall–Kier alpha value is -1.73. The van der Waals surface area contributed by atoms with Crippen molar-refractivity contribution in [2.45, 2.75) is 44.6 Å².